The summed E-state index contributed by atoms with van der Waals surface area (Å²) < 4.78 is 10.9. The van der Waals surface area contributed by atoms with Gasteiger partial charge in [-0.3, -0.25) is 0 Å². The van der Waals surface area contributed by atoms with E-state index < -0.39 is 0 Å². The molecule has 24 heavy (non-hydrogen) atoms. The SMILES string of the molecule is COc1ccc(NC(N)=NCCOc2c(C)cccc2C)cc1.I. The number of nitrogens with zero attached hydrogens (tertiary/aromatic N) is 1. The molecule has 0 saturated carbocycles. The summed E-state index contributed by atoms with van der Waals surface area (Å²) in [6, 6.07) is 13.6. The number of para-hydroxylation sites is 1. The van der Waals surface area contributed by atoms with Crippen molar-refractivity contribution in [3.05, 3.63) is 53.6 Å². The molecule has 0 heterocycles. The minimum Gasteiger partial charge on any atom is -0.497 e. The van der Waals surface area contributed by atoms with Gasteiger partial charge in [0.05, 0.1) is 13.7 Å². The number of aliphatic imine (C=N–C) groups is 1. The van der Waals surface area contributed by atoms with Crippen molar-refractivity contribution in [3.8, 4) is 11.5 Å². The van der Waals surface area contributed by atoms with Crippen LogP contribution in [0.3, 0.4) is 0 Å². The largest absolute Gasteiger partial charge is 0.497 e. The topological polar surface area (TPSA) is 68.9 Å². The molecular formula is C18H24IN3O2. The van der Waals surface area contributed by atoms with E-state index in [1.807, 2.05) is 56.3 Å². The highest BCUT2D eigenvalue weighted by Gasteiger charge is 2.02. The fourth-order valence-electron chi connectivity index (χ4n) is 2.20. The lowest BCUT2D eigenvalue weighted by Crippen LogP contribution is -2.23. The van der Waals surface area contributed by atoms with Gasteiger partial charge < -0.3 is 20.5 Å². The Balaban J connectivity index is 0.00000288. The number of halogens is 1. The predicted octanol–water partition coefficient (Wildman–Crippen LogP) is 3.74. The Hall–Kier alpha value is -1.96. The molecule has 3 N–H and O–H groups in total. The number of hydrogen-bond acceptors (Lipinski definition) is 3. The summed E-state index contributed by atoms with van der Waals surface area (Å²) in [7, 11) is 1.63. The van der Waals surface area contributed by atoms with Gasteiger partial charge in [-0.2, -0.15) is 0 Å². The molecule has 0 aliphatic carbocycles. The molecule has 130 valence electrons. The van der Waals surface area contributed by atoms with Crippen LogP contribution in [0, 0.1) is 13.8 Å². The zero-order valence-corrected chi connectivity index (χ0v) is 16.5. The Morgan fingerprint density at radius 1 is 1.08 bits per heavy atom. The lowest BCUT2D eigenvalue weighted by molar-refractivity contribution is 0.324. The Morgan fingerprint density at radius 3 is 2.29 bits per heavy atom. The third-order valence-corrected chi connectivity index (χ3v) is 3.39. The van der Waals surface area contributed by atoms with Crippen LogP contribution in [0.15, 0.2) is 47.5 Å². The monoisotopic (exact) mass is 441 g/mol. The van der Waals surface area contributed by atoms with E-state index in [-0.39, 0.29) is 24.0 Å². The number of nitrogens with two attached hydrogens (primary N) is 1. The van der Waals surface area contributed by atoms with Crippen LogP contribution < -0.4 is 20.5 Å². The van der Waals surface area contributed by atoms with Gasteiger partial charge in [-0.1, -0.05) is 18.2 Å². The Kier molecular flexibility index (Phi) is 8.39. The molecule has 0 aliphatic rings. The fraction of sp³-hybridized carbons (Fsp3) is 0.278. The molecule has 0 amide bonds. The Bertz CT molecular complexity index is 652. The Labute approximate surface area is 160 Å². The van der Waals surface area contributed by atoms with Crippen LogP contribution in [-0.2, 0) is 0 Å². The molecule has 0 bridgehead atoms. The van der Waals surface area contributed by atoms with E-state index >= 15 is 0 Å². The molecule has 0 aliphatic heterocycles. The average Bonchev–Trinajstić information content (AvgIpc) is 2.54. The van der Waals surface area contributed by atoms with Crippen LogP contribution in [-0.4, -0.2) is 26.2 Å². The fourth-order valence-corrected chi connectivity index (χ4v) is 2.20. The minimum atomic E-state index is 0. The standard InChI is InChI=1S/C18H23N3O2.HI/c1-13-5-4-6-14(2)17(13)23-12-11-20-18(19)21-15-7-9-16(22-3)10-8-15;/h4-10H,11-12H2,1-3H3,(H3,19,20,21);1H. The highest BCUT2D eigenvalue weighted by Crippen LogP contribution is 2.22. The van der Waals surface area contributed by atoms with Crippen LogP contribution in [0.1, 0.15) is 11.1 Å². The highest BCUT2D eigenvalue weighted by molar-refractivity contribution is 14.0. The zero-order chi connectivity index (χ0) is 16.7. The summed E-state index contributed by atoms with van der Waals surface area (Å²) in [4.78, 5) is 4.26. The Morgan fingerprint density at radius 2 is 1.71 bits per heavy atom. The molecule has 2 rings (SSSR count). The number of methoxy groups -OCH3 is 1. The second-order valence-corrected chi connectivity index (χ2v) is 5.19. The van der Waals surface area contributed by atoms with Gasteiger partial charge in [-0.25, -0.2) is 4.99 Å². The molecule has 0 saturated heterocycles. The lowest BCUT2D eigenvalue weighted by atomic mass is 10.1. The number of rotatable bonds is 6. The molecule has 0 atom stereocenters. The van der Waals surface area contributed by atoms with Crippen molar-refractivity contribution in [2.45, 2.75) is 13.8 Å². The van der Waals surface area contributed by atoms with Gasteiger partial charge >= 0.3 is 0 Å². The number of aryl methyl sites for hydroxylation is 2. The molecule has 5 nitrogen and oxygen atoms in total. The third-order valence-electron chi connectivity index (χ3n) is 3.39. The molecule has 0 spiro atoms. The van der Waals surface area contributed by atoms with Crippen molar-refractivity contribution in [2.75, 3.05) is 25.6 Å². The van der Waals surface area contributed by atoms with E-state index in [0.717, 1.165) is 28.3 Å². The molecular weight excluding hydrogens is 417 g/mol. The summed E-state index contributed by atoms with van der Waals surface area (Å²) in [6.45, 7) is 5.04. The first-order chi connectivity index (χ1) is 11.1. The molecule has 0 radical (unpaired) electrons. The number of anilines is 1. The summed E-state index contributed by atoms with van der Waals surface area (Å²) in [5.41, 5.74) is 8.98. The smallest absolute Gasteiger partial charge is 0.193 e. The molecule has 0 aromatic heterocycles. The summed E-state index contributed by atoms with van der Waals surface area (Å²) in [5, 5.41) is 3.03. The lowest BCUT2D eigenvalue weighted by Gasteiger charge is -2.11. The number of nitrogens with one attached hydrogen (secondary N) is 1. The first-order valence-corrected chi connectivity index (χ1v) is 7.50. The number of hydrogen-bond donors (Lipinski definition) is 2. The second-order valence-electron chi connectivity index (χ2n) is 5.19. The maximum Gasteiger partial charge on any atom is 0.193 e. The van der Waals surface area contributed by atoms with Gasteiger partial charge in [0.1, 0.15) is 18.1 Å². The number of guanidine groups is 1. The van der Waals surface area contributed by atoms with Crippen molar-refractivity contribution in [1.82, 2.24) is 0 Å². The zero-order valence-electron chi connectivity index (χ0n) is 14.2. The second kappa shape index (κ2) is 10.0. The van der Waals surface area contributed by atoms with E-state index in [2.05, 4.69) is 10.3 Å². The quantitative estimate of drug-likeness (QED) is 0.310. The maximum atomic E-state index is 5.87. The van der Waals surface area contributed by atoms with E-state index in [9.17, 15) is 0 Å². The van der Waals surface area contributed by atoms with Crippen LogP contribution in [0.2, 0.25) is 0 Å². The van der Waals surface area contributed by atoms with Gasteiger partial charge in [0.2, 0.25) is 0 Å². The molecule has 2 aromatic carbocycles. The predicted molar refractivity (Wildman–Crippen MR) is 110 cm³/mol. The van der Waals surface area contributed by atoms with Gasteiger partial charge in [-0.05, 0) is 49.2 Å². The number of benzene rings is 2. The summed E-state index contributed by atoms with van der Waals surface area (Å²) in [6.07, 6.45) is 0. The van der Waals surface area contributed by atoms with Crippen molar-refractivity contribution < 1.29 is 9.47 Å². The number of ether oxygens (including phenoxy) is 2. The van der Waals surface area contributed by atoms with E-state index in [0.29, 0.717) is 19.1 Å². The van der Waals surface area contributed by atoms with Crippen LogP contribution in [0.25, 0.3) is 0 Å². The van der Waals surface area contributed by atoms with E-state index in [4.69, 9.17) is 15.2 Å². The van der Waals surface area contributed by atoms with Crippen LogP contribution >= 0.6 is 24.0 Å². The maximum absolute atomic E-state index is 5.87. The van der Waals surface area contributed by atoms with Crippen LogP contribution in [0.4, 0.5) is 5.69 Å². The van der Waals surface area contributed by atoms with Crippen LogP contribution in [0.5, 0.6) is 11.5 Å². The van der Waals surface area contributed by atoms with Gasteiger partial charge in [0.15, 0.2) is 5.96 Å². The van der Waals surface area contributed by atoms with Crippen molar-refractivity contribution in [3.63, 3.8) is 0 Å². The van der Waals surface area contributed by atoms with Crippen molar-refractivity contribution in [1.29, 1.82) is 0 Å². The van der Waals surface area contributed by atoms with Gasteiger partial charge in [0, 0.05) is 5.69 Å². The van der Waals surface area contributed by atoms with Gasteiger partial charge in [0.25, 0.3) is 0 Å². The average molecular weight is 441 g/mol. The van der Waals surface area contributed by atoms with Crippen molar-refractivity contribution in [2.24, 2.45) is 10.7 Å². The minimum absolute atomic E-state index is 0. The van der Waals surface area contributed by atoms with Crippen molar-refractivity contribution >= 4 is 35.6 Å². The highest BCUT2D eigenvalue weighted by atomic mass is 127. The first-order valence-electron chi connectivity index (χ1n) is 7.50. The van der Waals surface area contributed by atoms with Gasteiger partial charge in [-0.15, -0.1) is 24.0 Å². The molecule has 0 unspecified atom stereocenters. The van der Waals surface area contributed by atoms with E-state index in [1.165, 1.54) is 0 Å². The molecule has 2 aromatic rings. The molecule has 0 fully saturated rings. The summed E-state index contributed by atoms with van der Waals surface area (Å²) in [5.74, 6) is 2.08. The van der Waals surface area contributed by atoms with E-state index in [1.54, 1.807) is 7.11 Å². The third kappa shape index (κ3) is 5.92. The molecule has 6 heteroatoms. The first kappa shape index (κ1) is 20.1. The summed E-state index contributed by atoms with van der Waals surface area (Å²) >= 11 is 0. The normalized spacial score (nSPS) is 10.7.